The number of nitrogens with zero attached hydrogens (tertiary/aromatic N) is 1. The summed E-state index contributed by atoms with van der Waals surface area (Å²) in [6.07, 6.45) is 2.62. The second kappa shape index (κ2) is 5.87. The van der Waals surface area contributed by atoms with Crippen LogP contribution in [0.4, 0.5) is 5.69 Å². The Morgan fingerprint density at radius 2 is 2.06 bits per heavy atom. The molecule has 0 bridgehead atoms. The highest BCUT2D eigenvalue weighted by Gasteiger charge is 2.22. The van der Waals surface area contributed by atoms with Crippen LogP contribution in [0.25, 0.3) is 0 Å². The molecule has 0 saturated heterocycles. The minimum Gasteiger partial charge on any atom is -0.386 e. The number of nitrogens with one attached hydrogen (secondary N) is 1. The Labute approximate surface area is 111 Å². The molecule has 1 aromatic carbocycles. The van der Waals surface area contributed by atoms with Gasteiger partial charge in [-0.2, -0.15) is 0 Å². The second-order valence-electron chi connectivity index (χ2n) is 4.42. The van der Waals surface area contributed by atoms with E-state index in [9.17, 15) is 4.79 Å². The Bertz CT molecular complexity index is 452. The summed E-state index contributed by atoms with van der Waals surface area (Å²) in [6.45, 7) is 0. The largest absolute Gasteiger partial charge is 0.386 e. The highest BCUT2D eigenvalue weighted by Crippen LogP contribution is 2.19. The van der Waals surface area contributed by atoms with Crippen molar-refractivity contribution in [2.45, 2.75) is 25.3 Å². The number of carbonyl (C=O) groups is 1. The molecule has 18 heavy (non-hydrogen) atoms. The summed E-state index contributed by atoms with van der Waals surface area (Å²) in [7, 11) is 0. The third-order valence-corrected chi connectivity index (χ3v) is 2.93. The zero-order chi connectivity index (χ0) is 13.0. The van der Waals surface area contributed by atoms with E-state index < -0.39 is 0 Å². The fourth-order valence-corrected chi connectivity index (χ4v) is 1.64. The van der Waals surface area contributed by atoms with Gasteiger partial charge in [-0.05, 0) is 30.5 Å². The van der Waals surface area contributed by atoms with Gasteiger partial charge >= 0.3 is 0 Å². The van der Waals surface area contributed by atoms with E-state index in [4.69, 9.17) is 17.3 Å². The van der Waals surface area contributed by atoms with Crippen LogP contribution in [0.3, 0.4) is 0 Å². The van der Waals surface area contributed by atoms with Gasteiger partial charge in [0.05, 0.1) is 18.0 Å². The molecule has 0 spiro atoms. The third kappa shape index (κ3) is 4.04. The summed E-state index contributed by atoms with van der Waals surface area (Å²) in [4.78, 5) is 15.7. The molecule has 1 amide bonds. The number of rotatable bonds is 5. The predicted molar refractivity (Wildman–Crippen MR) is 73.3 cm³/mol. The van der Waals surface area contributed by atoms with Gasteiger partial charge in [0.15, 0.2) is 0 Å². The fraction of sp³-hybridized carbons (Fsp3) is 0.385. The summed E-state index contributed by atoms with van der Waals surface area (Å²) < 4.78 is 0. The molecule has 3 N–H and O–H groups in total. The zero-order valence-electron chi connectivity index (χ0n) is 10.0. The topological polar surface area (TPSA) is 67.5 Å². The van der Waals surface area contributed by atoms with Gasteiger partial charge in [-0.1, -0.05) is 12.1 Å². The van der Waals surface area contributed by atoms with Crippen LogP contribution in [0.2, 0.25) is 0 Å². The van der Waals surface area contributed by atoms with Gasteiger partial charge in [-0.15, -0.1) is 11.6 Å². The lowest BCUT2D eigenvalue weighted by Gasteiger charge is -2.04. The van der Waals surface area contributed by atoms with Gasteiger partial charge < -0.3 is 11.1 Å². The number of hydrogen-bond donors (Lipinski definition) is 2. The van der Waals surface area contributed by atoms with Crippen LogP contribution in [0.15, 0.2) is 29.3 Å². The summed E-state index contributed by atoms with van der Waals surface area (Å²) in [6, 6.07) is 7.84. The van der Waals surface area contributed by atoms with E-state index in [1.807, 2.05) is 24.3 Å². The Morgan fingerprint density at radius 1 is 1.39 bits per heavy atom. The van der Waals surface area contributed by atoms with Crippen molar-refractivity contribution in [3.8, 4) is 0 Å². The highest BCUT2D eigenvalue weighted by molar-refractivity contribution is 6.28. The predicted octanol–water partition coefficient (Wildman–Crippen LogP) is 1.74. The van der Waals surface area contributed by atoms with E-state index in [0.717, 1.165) is 24.1 Å². The molecule has 0 radical (unpaired) electrons. The van der Waals surface area contributed by atoms with Gasteiger partial charge in [0.1, 0.15) is 5.84 Å². The molecule has 0 heterocycles. The molecule has 2 rings (SSSR count). The lowest BCUT2D eigenvalue weighted by atomic mass is 10.1. The van der Waals surface area contributed by atoms with Crippen LogP contribution in [0, 0.1) is 0 Å². The van der Waals surface area contributed by atoms with Crippen LogP contribution < -0.4 is 11.1 Å². The number of amidine groups is 1. The molecule has 1 aromatic rings. The number of aliphatic imine (C=N–C) groups is 1. The van der Waals surface area contributed by atoms with Crippen LogP contribution in [0.1, 0.15) is 18.4 Å². The molecule has 4 nitrogen and oxygen atoms in total. The van der Waals surface area contributed by atoms with Gasteiger partial charge in [0.25, 0.3) is 0 Å². The molecule has 5 heteroatoms. The quantitative estimate of drug-likeness (QED) is 0.484. The fourth-order valence-electron chi connectivity index (χ4n) is 1.58. The second-order valence-corrected chi connectivity index (χ2v) is 4.69. The van der Waals surface area contributed by atoms with E-state index in [1.54, 1.807) is 0 Å². The summed E-state index contributed by atoms with van der Waals surface area (Å²) in [5.74, 6) is 0.677. The number of halogens is 1. The van der Waals surface area contributed by atoms with Gasteiger partial charge in [-0.25, -0.2) is 4.99 Å². The molecule has 1 saturated carbocycles. The molecule has 1 aliphatic rings. The van der Waals surface area contributed by atoms with Crippen molar-refractivity contribution in [1.29, 1.82) is 0 Å². The number of nitrogens with two attached hydrogens (primary N) is 1. The molecule has 96 valence electrons. The summed E-state index contributed by atoms with van der Waals surface area (Å²) in [5.41, 5.74) is 7.26. The molecule has 0 unspecified atom stereocenters. The molecule has 1 aliphatic carbocycles. The Morgan fingerprint density at radius 3 is 2.61 bits per heavy atom. The molecule has 0 aliphatic heterocycles. The van der Waals surface area contributed by atoms with E-state index in [-0.39, 0.29) is 11.8 Å². The van der Waals surface area contributed by atoms with E-state index in [2.05, 4.69) is 10.3 Å². The third-order valence-electron chi connectivity index (χ3n) is 2.65. The van der Waals surface area contributed by atoms with Crippen molar-refractivity contribution >= 4 is 29.0 Å². The van der Waals surface area contributed by atoms with Crippen molar-refractivity contribution in [3.63, 3.8) is 0 Å². The van der Waals surface area contributed by atoms with Crippen molar-refractivity contribution in [3.05, 3.63) is 29.8 Å². The van der Waals surface area contributed by atoms with Crippen molar-refractivity contribution < 1.29 is 4.79 Å². The van der Waals surface area contributed by atoms with E-state index >= 15 is 0 Å². The maximum atomic E-state index is 11.6. The van der Waals surface area contributed by atoms with E-state index in [0.29, 0.717) is 18.3 Å². The Kier molecular flexibility index (Phi) is 4.20. The first-order valence-electron chi connectivity index (χ1n) is 5.94. The summed E-state index contributed by atoms with van der Waals surface area (Å²) >= 11 is 5.55. The summed E-state index contributed by atoms with van der Waals surface area (Å²) in [5, 5.41) is 2.95. The standard InChI is InChI=1S/C13H16ClN3O/c14-8-12(15)16-10-3-1-9(2-4-10)7-13(18)17-11-5-6-11/h1-4,11H,5-8H2,(H2,15,16)(H,17,18). The zero-order valence-corrected chi connectivity index (χ0v) is 10.8. The van der Waals surface area contributed by atoms with Crippen LogP contribution in [-0.4, -0.2) is 23.7 Å². The average Bonchev–Trinajstić information content (AvgIpc) is 3.15. The molecule has 1 fully saturated rings. The van der Waals surface area contributed by atoms with Crippen LogP contribution in [0.5, 0.6) is 0 Å². The first-order chi connectivity index (χ1) is 8.67. The first-order valence-corrected chi connectivity index (χ1v) is 6.48. The van der Waals surface area contributed by atoms with Crippen LogP contribution in [-0.2, 0) is 11.2 Å². The number of alkyl halides is 1. The first kappa shape index (κ1) is 12.9. The minimum atomic E-state index is 0.0778. The number of carbonyl (C=O) groups excluding carboxylic acids is 1. The SMILES string of the molecule is NC(CCl)=Nc1ccc(CC(=O)NC2CC2)cc1. The van der Waals surface area contributed by atoms with Gasteiger partial charge in [0.2, 0.25) is 5.91 Å². The van der Waals surface area contributed by atoms with Gasteiger partial charge in [0, 0.05) is 6.04 Å². The number of amides is 1. The maximum Gasteiger partial charge on any atom is 0.224 e. The monoisotopic (exact) mass is 265 g/mol. The lowest BCUT2D eigenvalue weighted by molar-refractivity contribution is -0.120. The molecule has 0 aromatic heterocycles. The maximum absolute atomic E-state index is 11.6. The van der Waals surface area contributed by atoms with Gasteiger partial charge in [-0.3, -0.25) is 4.79 Å². The average molecular weight is 266 g/mol. The lowest BCUT2D eigenvalue weighted by Crippen LogP contribution is -2.26. The molecular formula is C13H16ClN3O. The van der Waals surface area contributed by atoms with Crippen molar-refractivity contribution in [2.75, 3.05) is 5.88 Å². The Hall–Kier alpha value is -1.55. The molecular weight excluding hydrogens is 250 g/mol. The normalized spacial score (nSPS) is 15.5. The minimum absolute atomic E-state index is 0.0778. The highest BCUT2D eigenvalue weighted by atomic mass is 35.5. The Balaban J connectivity index is 1.92. The number of hydrogen-bond acceptors (Lipinski definition) is 2. The smallest absolute Gasteiger partial charge is 0.224 e. The van der Waals surface area contributed by atoms with E-state index in [1.165, 1.54) is 0 Å². The number of benzene rings is 1. The van der Waals surface area contributed by atoms with Crippen molar-refractivity contribution in [2.24, 2.45) is 10.7 Å². The van der Waals surface area contributed by atoms with Crippen molar-refractivity contribution in [1.82, 2.24) is 5.32 Å². The molecule has 0 atom stereocenters. The van der Waals surface area contributed by atoms with Crippen LogP contribution >= 0.6 is 11.6 Å².